The van der Waals surface area contributed by atoms with Crippen LogP contribution in [0.4, 0.5) is 34.1 Å². The Balaban J connectivity index is 0.861. The lowest BCUT2D eigenvalue weighted by molar-refractivity contribution is 0.488. The molecule has 1 aliphatic rings. The fourth-order valence-corrected chi connectivity index (χ4v) is 10.5. The summed E-state index contributed by atoms with van der Waals surface area (Å²) < 4.78 is 20.0. The third-order valence-corrected chi connectivity index (χ3v) is 13.7. The van der Waals surface area contributed by atoms with Crippen LogP contribution >= 0.6 is 0 Å². The van der Waals surface area contributed by atoms with Crippen LogP contribution in [0.3, 0.4) is 0 Å². The Morgan fingerprint density at radius 2 is 0.783 bits per heavy atom. The van der Waals surface area contributed by atoms with E-state index in [0.717, 1.165) is 134 Å². The largest absolute Gasteiger partial charge is 0.455 e. The van der Waals surface area contributed by atoms with Gasteiger partial charge in [0, 0.05) is 72.1 Å². The first-order chi connectivity index (χ1) is 34.2. The maximum atomic E-state index is 7.16. The zero-order valence-corrected chi connectivity index (χ0v) is 37.2. The highest BCUT2D eigenvalue weighted by molar-refractivity contribution is 6.12. The first kappa shape index (κ1) is 38.9. The zero-order valence-electron chi connectivity index (χ0n) is 37.2. The Hall–Kier alpha value is -9.32. The minimum absolute atomic E-state index is 0.802. The number of benzene rings is 11. The summed E-state index contributed by atoms with van der Waals surface area (Å²) in [5, 5.41) is 6.67. The summed E-state index contributed by atoms with van der Waals surface area (Å²) in [4.78, 5) is 4.61. The molecule has 0 aliphatic carbocycles. The summed E-state index contributed by atoms with van der Waals surface area (Å²) in [7, 11) is 0. The normalized spacial score (nSPS) is 11.9. The van der Waals surface area contributed by atoms with Gasteiger partial charge in [-0.1, -0.05) is 158 Å². The van der Waals surface area contributed by atoms with E-state index in [-0.39, 0.29) is 0 Å². The van der Waals surface area contributed by atoms with Crippen LogP contribution in [0.2, 0.25) is 0 Å². The predicted octanol–water partition coefficient (Wildman–Crippen LogP) is 18.7. The van der Waals surface area contributed by atoms with Crippen LogP contribution in [0.5, 0.6) is 11.5 Å². The Bertz CT molecular complexity index is 4100. The molecule has 69 heavy (non-hydrogen) atoms. The molecule has 0 atom stereocenters. The molecular weight excluding hydrogens is 845 g/mol. The van der Waals surface area contributed by atoms with Crippen LogP contribution in [0.1, 0.15) is 0 Å². The molecule has 5 heteroatoms. The van der Waals surface area contributed by atoms with Crippen molar-refractivity contribution in [1.29, 1.82) is 0 Å². The first-order valence-corrected chi connectivity index (χ1v) is 23.3. The number of fused-ring (bicyclic) bond motifs is 8. The minimum atomic E-state index is 0.802. The van der Waals surface area contributed by atoms with Gasteiger partial charge in [-0.25, -0.2) is 0 Å². The van der Waals surface area contributed by atoms with Crippen molar-refractivity contribution in [1.82, 2.24) is 0 Å². The third-order valence-electron chi connectivity index (χ3n) is 13.7. The first-order valence-electron chi connectivity index (χ1n) is 23.3. The van der Waals surface area contributed by atoms with Gasteiger partial charge in [0.15, 0.2) is 5.75 Å². The standard InChI is InChI=1S/C64H40N2O3/c1-3-15-44(16-4-1)65(46-33-28-41(29-34-46)49-21-12-24-54-51-19-7-9-26-58(51)67-62(49)54)48-37-39-60-56(40-48)53-23-11-14-43-32-38-57(64(69-60)61(43)53)66(45-17-5-2-6-18-45)47-35-30-42(31-36-47)50-22-13-25-55-52-20-8-10-27-59(52)68-63(50)55/h1-40H. The van der Waals surface area contributed by atoms with Crippen molar-refractivity contribution < 1.29 is 13.6 Å². The van der Waals surface area contributed by atoms with Gasteiger partial charge in [-0.05, 0) is 107 Å². The lowest BCUT2D eigenvalue weighted by Crippen LogP contribution is -2.13. The highest BCUT2D eigenvalue weighted by Gasteiger charge is 2.28. The van der Waals surface area contributed by atoms with Gasteiger partial charge in [0.2, 0.25) is 0 Å². The SMILES string of the molecule is c1ccc(N(c2ccc(-c3cccc4c3oc3ccccc34)cc2)c2ccc3c(c2)-c2cccc4ccc(N(c5ccccc5)c5ccc(-c6cccc7c6oc6ccccc67)cc5)c(c24)O3)cc1. The topological polar surface area (TPSA) is 42.0 Å². The van der Waals surface area contributed by atoms with Crippen molar-refractivity contribution in [2.75, 3.05) is 9.80 Å². The van der Waals surface area contributed by atoms with E-state index in [1.165, 1.54) is 0 Å². The molecule has 324 valence electrons. The lowest BCUT2D eigenvalue weighted by Gasteiger charge is -2.31. The second-order valence-corrected chi connectivity index (χ2v) is 17.6. The fourth-order valence-electron chi connectivity index (χ4n) is 10.5. The molecular formula is C64H40N2O3. The predicted molar refractivity (Wildman–Crippen MR) is 284 cm³/mol. The summed E-state index contributed by atoms with van der Waals surface area (Å²) in [5.41, 5.74) is 16.2. The van der Waals surface area contributed by atoms with Gasteiger partial charge in [0.25, 0.3) is 0 Å². The molecule has 0 N–H and O–H groups in total. The van der Waals surface area contributed by atoms with E-state index in [1.54, 1.807) is 0 Å². The van der Waals surface area contributed by atoms with Gasteiger partial charge >= 0.3 is 0 Å². The van der Waals surface area contributed by atoms with E-state index < -0.39 is 0 Å². The van der Waals surface area contributed by atoms with Crippen molar-refractivity contribution >= 4 is 88.8 Å². The van der Waals surface area contributed by atoms with Crippen molar-refractivity contribution in [3.8, 4) is 44.9 Å². The summed E-state index contributed by atoms with van der Waals surface area (Å²) >= 11 is 0. The van der Waals surface area contributed by atoms with Crippen molar-refractivity contribution in [3.63, 3.8) is 0 Å². The molecule has 0 radical (unpaired) electrons. The number of rotatable bonds is 8. The molecule has 0 amide bonds. The zero-order chi connectivity index (χ0) is 45.4. The van der Waals surface area contributed by atoms with Crippen molar-refractivity contribution in [2.45, 2.75) is 0 Å². The summed E-state index contributed by atoms with van der Waals surface area (Å²) in [5.74, 6) is 1.62. The van der Waals surface area contributed by atoms with Crippen LogP contribution in [-0.4, -0.2) is 0 Å². The van der Waals surface area contributed by atoms with E-state index in [2.05, 4.69) is 228 Å². The lowest BCUT2D eigenvalue weighted by atomic mass is 9.93. The molecule has 0 bridgehead atoms. The average molecular weight is 885 g/mol. The van der Waals surface area contributed by atoms with Crippen LogP contribution in [0.15, 0.2) is 251 Å². The van der Waals surface area contributed by atoms with E-state index >= 15 is 0 Å². The molecule has 0 unspecified atom stereocenters. The van der Waals surface area contributed by atoms with Gasteiger partial charge in [-0.3, -0.25) is 0 Å². The second kappa shape index (κ2) is 15.7. The van der Waals surface area contributed by atoms with Crippen LogP contribution < -0.4 is 14.5 Å². The Morgan fingerprint density at radius 3 is 1.39 bits per heavy atom. The molecule has 11 aromatic carbocycles. The summed E-state index contributed by atoms with van der Waals surface area (Å²) in [6, 6.07) is 85.4. The number of para-hydroxylation sites is 6. The number of ether oxygens (including phenoxy) is 1. The molecule has 0 saturated heterocycles. The number of hydrogen-bond acceptors (Lipinski definition) is 5. The van der Waals surface area contributed by atoms with Crippen LogP contribution in [-0.2, 0) is 0 Å². The molecule has 2 aromatic heterocycles. The van der Waals surface area contributed by atoms with Gasteiger partial charge in [0.05, 0.1) is 5.69 Å². The van der Waals surface area contributed by atoms with E-state index in [0.29, 0.717) is 0 Å². The number of furan rings is 2. The van der Waals surface area contributed by atoms with Crippen LogP contribution in [0.25, 0.3) is 88.0 Å². The molecule has 3 heterocycles. The Labute approximate surface area is 397 Å². The summed E-state index contributed by atoms with van der Waals surface area (Å²) in [6.07, 6.45) is 0. The Morgan fingerprint density at radius 1 is 0.304 bits per heavy atom. The summed E-state index contributed by atoms with van der Waals surface area (Å²) in [6.45, 7) is 0. The molecule has 1 aliphatic heterocycles. The molecule has 13 aromatic rings. The molecule has 0 spiro atoms. The maximum absolute atomic E-state index is 7.16. The highest BCUT2D eigenvalue weighted by Crippen LogP contribution is 2.54. The van der Waals surface area contributed by atoms with E-state index in [1.807, 2.05) is 24.3 Å². The molecule has 5 nitrogen and oxygen atoms in total. The Kier molecular flexibility index (Phi) is 8.83. The van der Waals surface area contributed by atoms with E-state index in [4.69, 9.17) is 13.6 Å². The van der Waals surface area contributed by atoms with Gasteiger partial charge in [0.1, 0.15) is 28.1 Å². The number of nitrogens with zero attached hydrogens (tertiary/aromatic N) is 2. The monoisotopic (exact) mass is 884 g/mol. The number of hydrogen-bond donors (Lipinski definition) is 0. The smallest absolute Gasteiger partial charge is 0.159 e. The van der Waals surface area contributed by atoms with Gasteiger partial charge in [-0.2, -0.15) is 0 Å². The highest BCUT2D eigenvalue weighted by atomic mass is 16.5. The number of anilines is 6. The third kappa shape index (κ3) is 6.32. The maximum Gasteiger partial charge on any atom is 0.159 e. The minimum Gasteiger partial charge on any atom is -0.455 e. The van der Waals surface area contributed by atoms with Gasteiger partial charge in [-0.15, -0.1) is 0 Å². The molecule has 0 fully saturated rings. The fraction of sp³-hybridized carbons (Fsp3) is 0. The van der Waals surface area contributed by atoms with Gasteiger partial charge < -0.3 is 23.4 Å². The molecule has 0 saturated carbocycles. The molecule has 14 rings (SSSR count). The van der Waals surface area contributed by atoms with E-state index in [9.17, 15) is 0 Å². The second-order valence-electron chi connectivity index (χ2n) is 17.6. The average Bonchev–Trinajstić information content (AvgIpc) is 4.00. The van der Waals surface area contributed by atoms with Crippen molar-refractivity contribution in [3.05, 3.63) is 243 Å². The quantitative estimate of drug-likeness (QED) is 0.152. The van der Waals surface area contributed by atoms with Crippen molar-refractivity contribution in [2.24, 2.45) is 0 Å². The van der Waals surface area contributed by atoms with Crippen LogP contribution in [0, 0.1) is 0 Å².